The van der Waals surface area contributed by atoms with Crippen molar-refractivity contribution in [2.45, 2.75) is 64.1 Å². The molecule has 1 fully saturated rings. The van der Waals surface area contributed by atoms with Crippen LogP contribution in [0.2, 0.25) is 0 Å². The minimum absolute atomic E-state index is 0.000114. The van der Waals surface area contributed by atoms with Crippen LogP contribution < -0.4 is 0 Å². The molecule has 0 spiro atoms. The molecule has 2 rings (SSSR count). The summed E-state index contributed by atoms with van der Waals surface area (Å²) in [5.74, 6) is -0.000114. The Morgan fingerprint density at radius 3 is 2.79 bits per heavy atom. The van der Waals surface area contributed by atoms with Crippen molar-refractivity contribution in [1.82, 2.24) is 5.01 Å². The molecule has 0 aromatic carbocycles. The van der Waals surface area contributed by atoms with Gasteiger partial charge in [0.05, 0.1) is 6.04 Å². The standard InChI is InChI=1S/C13H21F2IN2O/c1-8(14)7-10(15)12-9(2)13(16)17-18(12)11-5-3-4-6-19-11/h8-12H,3-7H2,1-2H3. The second-order valence-corrected chi connectivity index (χ2v) is 6.54. The van der Waals surface area contributed by atoms with E-state index in [-0.39, 0.29) is 18.6 Å². The maximum atomic E-state index is 14.4. The normalized spacial score (nSPS) is 35.1. The Bertz CT molecular complexity index is 335. The number of alkyl halides is 2. The Morgan fingerprint density at radius 2 is 2.21 bits per heavy atom. The van der Waals surface area contributed by atoms with Crippen molar-refractivity contribution < 1.29 is 13.5 Å². The lowest BCUT2D eigenvalue weighted by Crippen LogP contribution is -2.47. The summed E-state index contributed by atoms with van der Waals surface area (Å²) in [5, 5.41) is 6.20. The third kappa shape index (κ3) is 3.56. The number of hydrogen-bond acceptors (Lipinski definition) is 3. The highest BCUT2D eigenvalue weighted by molar-refractivity contribution is 14.1. The van der Waals surface area contributed by atoms with Gasteiger partial charge >= 0.3 is 0 Å². The molecule has 0 aliphatic carbocycles. The van der Waals surface area contributed by atoms with E-state index in [0.29, 0.717) is 6.61 Å². The van der Waals surface area contributed by atoms with Crippen LogP contribution in [0.15, 0.2) is 5.10 Å². The van der Waals surface area contributed by atoms with Crippen LogP contribution in [0.5, 0.6) is 0 Å². The summed E-state index contributed by atoms with van der Waals surface area (Å²) in [6, 6.07) is -0.395. The molecule has 0 aromatic rings. The molecular formula is C13H21F2IN2O. The minimum atomic E-state index is -1.21. The molecule has 1 saturated heterocycles. The van der Waals surface area contributed by atoms with E-state index in [1.165, 1.54) is 6.92 Å². The van der Waals surface area contributed by atoms with Crippen LogP contribution in [-0.4, -0.2) is 39.9 Å². The molecule has 0 radical (unpaired) electrons. The van der Waals surface area contributed by atoms with E-state index < -0.39 is 18.4 Å². The molecule has 0 bridgehead atoms. The van der Waals surface area contributed by atoms with Gasteiger partial charge in [-0.25, -0.2) is 8.78 Å². The minimum Gasteiger partial charge on any atom is -0.357 e. The van der Waals surface area contributed by atoms with E-state index in [2.05, 4.69) is 27.7 Å². The fourth-order valence-electron chi connectivity index (χ4n) is 2.76. The second kappa shape index (κ2) is 6.65. The monoisotopic (exact) mass is 386 g/mol. The molecule has 2 heterocycles. The molecule has 0 amide bonds. The van der Waals surface area contributed by atoms with Gasteiger partial charge < -0.3 is 4.74 Å². The molecule has 5 atom stereocenters. The zero-order valence-electron chi connectivity index (χ0n) is 11.4. The fourth-order valence-corrected chi connectivity index (χ4v) is 3.37. The lowest BCUT2D eigenvalue weighted by molar-refractivity contribution is -0.113. The van der Waals surface area contributed by atoms with Crippen LogP contribution in [0.25, 0.3) is 0 Å². The van der Waals surface area contributed by atoms with Crippen molar-refractivity contribution in [2.24, 2.45) is 11.0 Å². The Labute approximate surface area is 126 Å². The summed E-state index contributed by atoms with van der Waals surface area (Å²) in [4.78, 5) is 0. The van der Waals surface area contributed by atoms with E-state index in [4.69, 9.17) is 4.74 Å². The molecule has 110 valence electrons. The van der Waals surface area contributed by atoms with Crippen molar-refractivity contribution in [3.05, 3.63) is 0 Å². The molecule has 0 aromatic heterocycles. The summed E-state index contributed by atoms with van der Waals surface area (Å²) < 4.78 is 34.0. The SMILES string of the molecule is CC(F)CC(F)C1C(C)C(I)=NN1C1CCCCO1. The first-order valence-corrected chi connectivity index (χ1v) is 8.00. The van der Waals surface area contributed by atoms with Crippen LogP contribution in [0, 0.1) is 5.92 Å². The van der Waals surface area contributed by atoms with E-state index in [1.54, 1.807) is 5.01 Å². The number of halogens is 3. The van der Waals surface area contributed by atoms with Crippen molar-refractivity contribution in [1.29, 1.82) is 0 Å². The number of ether oxygens (including phenoxy) is 1. The van der Waals surface area contributed by atoms with Gasteiger partial charge in [0.1, 0.15) is 22.3 Å². The highest BCUT2D eigenvalue weighted by atomic mass is 127. The third-order valence-corrected chi connectivity index (χ3v) is 4.97. The van der Waals surface area contributed by atoms with Gasteiger partial charge in [-0.05, 0) is 48.8 Å². The predicted octanol–water partition coefficient (Wildman–Crippen LogP) is 3.67. The van der Waals surface area contributed by atoms with Gasteiger partial charge in [0.15, 0.2) is 0 Å². The lowest BCUT2D eigenvalue weighted by atomic mass is 9.95. The average molecular weight is 386 g/mol. The van der Waals surface area contributed by atoms with Gasteiger partial charge in [-0.2, -0.15) is 5.10 Å². The second-order valence-electron chi connectivity index (χ2n) is 5.44. The Morgan fingerprint density at radius 1 is 1.47 bits per heavy atom. The molecular weight excluding hydrogens is 365 g/mol. The fraction of sp³-hybridized carbons (Fsp3) is 0.923. The zero-order valence-corrected chi connectivity index (χ0v) is 13.5. The molecule has 19 heavy (non-hydrogen) atoms. The van der Waals surface area contributed by atoms with Gasteiger partial charge in [-0.15, -0.1) is 0 Å². The first kappa shape index (κ1) is 15.4. The van der Waals surface area contributed by atoms with Crippen molar-refractivity contribution >= 4 is 26.3 Å². The zero-order chi connectivity index (χ0) is 14.0. The van der Waals surface area contributed by atoms with Gasteiger partial charge in [0, 0.05) is 18.9 Å². The van der Waals surface area contributed by atoms with E-state index in [1.807, 2.05) is 6.92 Å². The van der Waals surface area contributed by atoms with Crippen LogP contribution >= 0.6 is 22.6 Å². The van der Waals surface area contributed by atoms with Crippen LogP contribution in [-0.2, 0) is 4.74 Å². The quantitative estimate of drug-likeness (QED) is 0.689. The summed E-state index contributed by atoms with van der Waals surface area (Å²) in [6.45, 7) is 4.05. The van der Waals surface area contributed by atoms with Gasteiger partial charge in [-0.3, -0.25) is 5.01 Å². The number of rotatable bonds is 4. The molecule has 3 nitrogen and oxygen atoms in total. The maximum Gasteiger partial charge on any atom is 0.146 e. The summed E-state index contributed by atoms with van der Waals surface area (Å²) >= 11 is 2.14. The van der Waals surface area contributed by atoms with E-state index >= 15 is 0 Å². The largest absolute Gasteiger partial charge is 0.357 e. The van der Waals surface area contributed by atoms with Crippen molar-refractivity contribution in [3.63, 3.8) is 0 Å². The summed E-state index contributed by atoms with van der Waals surface area (Å²) in [5.41, 5.74) is 0. The van der Waals surface area contributed by atoms with Gasteiger partial charge in [0.2, 0.25) is 0 Å². The highest BCUT2D eigenvalue weighted by Gasteiger charge is 2.43. The van der Waals surface area contributed by atoms with Crippen molar-refractivity contribution in [2.75, 3.05) is 6.61 Å². The van der Waals surface area contributed by atoms with Crippen molar-refractivity contribution in [3.8, 4) is 0 Å². The number of hydrogen-bond donors (Lipinski definition) is 0. The Kier molecular flexibility index (Phi) is 5.39. The molecule has 2 aliphatic heterocycles. The highest BCUT2D eigenvalue weighted by Crippen LogP contribution is 2.34. The third-order valence-electron chi connectivity index (χ3n) is 3.78. The van der Waals surface area contributed by atoms with Crippen LogP contribution in [0.3, 0.4) is 0 Å². The Hall–Kier alpha value is 0.0200. The smallest absolute Gasteiger partial charge is 0.146 e. The average Bonchev–Trinajstić information content (AvgIpc) is 2.66. The Balaban J connectivity index is 2.09. The predicted molar refractivity (Wildman–Crippen MR) is 79.9 cm³/mol. The van der Waals surface area contributed by atoms with Crippen LogP contribution in [0.4, 0.5) is 8.78 Å². The summed E-state index contributed by atoms with van der Waals surface area (Å²) in [6.07, 6.45) is 0.427. The van der Waals surface area contributed by atoms with Crippen LogP contribution in [0.1, 0.15) is 39.5 Å². The summed E-state index contributed by atoms with van der Waals surface area (Å²) in [7, 11) is 0. The number of hydrazone groups is 1. The topological polar surface area (TPSA) is 24.8 Å². The molecule has 0 N–H and O–H groups in total. The maximum absolute atomic E-state index is 14.4. The first-order valence-electron chi connectivity index (χ1n) is 6.92. The molecule has 0 saturated carbocycles. The molecule has 5 unspecified atom stereocenters. The van der Waals surface area contributed by atoms with E-state index in [9.17, 15) is 8.78 Å². The van der Waals surface area contributed by atoms with Gasteiger partial charge in [0.25, 0.3) is 0 Å². The molecule has 6 heteroatoms. The van der Waals surface area contributed by atoms with E-state index in [0.717, 1.165) is 23.0 Å². The molecule has 2 aliphatic rings. The lowest BCUT2D eigenvalue weighted by Gasteiger charge is -2.36. The van der Waals surface area contributed by atoms with Gasteiger partial charge in [-0.1, -0.05) is 6.92 Å². The first-order chi connectivity index (χ1) is 9.00. The number of nitrogens with zero attached hydrogens (tertiary/aromatic N) is 2.